The molecule has 1 atom stereocenters. The Kier molecular flexibility index (Phi) is 6.26. The van der Waals surface area contributed by atoms with Gasteiger partial charge in [0.25, 0.3) is 5.91 Å². The molecule has 1 aromatic carbocycles. The maximum atomic E-state index is 14.0. The van der Waals surface area contributed by atoms with E-state index in [4.69, 9.17) is 15.6 Å². The zero-order valence-electron chi connectivity index (χ0n) is 14.7. The highest BCUT2D eigenvalue weighted by Crippen LogP contribution is 2.34. The van der Waals surface area contributed by atoms with Crippen molar-refractivity contribution in [3.8, 4) is 16.5 Å². The summed E-state index contributed by atoms with van der Waals surface area (Å²) in [6, 6.07) is 3.35. The van der Waals surface area contributed by atoms with E-state index in [9.17, 15) is 18.7 Å². The van der Waals surface area contributed by atoms with Crippen LogP contribution in [-0.4, -0.2) is 50.4 Å². The lowest BCUT2D eigenvalue weighted by Crippen LogP contribution is -2.22. The molecule has 0 aliphatic heterocycles. The van der Waals surface area contributed by atoms with E-state index in [1.165, 1.54) is 12.3 Å². The maximum absolute atomic E-state index is 14.0. The van der Waals surface area contributed by atoms with Crippen molar-refractivity contribution in [1.82, 2.24) is 15.0 Å². The summed E-state index contributed by atoms with van der Waals surface area (Å²) in [6.45, 7) is -0.788. The average molecular weight is 423 g/mol. The van der Waals surface area contributed by atoms with Gasteiger partial charge in [-0.1, -0.05) is 17.4 Å². The minimum absolute atomic E-state index is 0.0461. The molecule has 1 amide bonds. The van der Waals surface area contributed by atoms with Crippen LogP contribution in [-0.2, 0) is 0 Å². The standard InChI is InChI=1S/C17H15F2N5O4S/c18-9-2-1-3-10(19)12(9)17-24-13(14(20)29-17)15(27)23-11-4-21-7-22-16(11)28-6-8(26)5-25/h1-4,7-8,25-26H,5-6,20H2,(H,23,27). The molecule has 1 unspecified atom stereocenters. The number of nitrogens with two attached hydrogens (primary N) is 1. The molecule has 2 heterocycles. The molecule has 0 spiro atoms. The second-order valence-corrected chi connectivity index (χ2v) is 6.70. The fourth-order valence-electron chi connectivity index (χ4n) is 2.23. The molecule has 0 saturated heterocycles. The predicted octanol–water partition coefficient (Wildman–Crippen LogP) is 1.44. The van der Waals surface area contributed by atoms with Gasteiger partial charge in [0.2, 0.25) is 5.88 Å². The zero-order valence-corrected chi connectivity index (χ0v) is 15.5. The molecular weight excluding hydrogens is 408 g/mol. The number of thiazole rings is 1. The van der Waals surface area contributed by atoms with Gasteiger partial charge in [0.05, 0.1) is 18.4 Å². The van der Waals surface area contributed by atoms with E-state index in [-0.39, 0.29) is 39.4 Å². The summed E-state index contributed by atoms with van der Waals surface area (Å²) < 4.78 is 33.2. The van der Waals surface area contributed by atoms with E-state index in [0.717, 1.165) is 29.8 Å². The summed E-state index contributed by atoms with van der Waals surface area (Å²) in [4.78, 5) is 24.1. The van der Waals surface area contributed by atoms with Crippen molar-refractivity contribution in [2.24, 2.45) is 0 Å². The maximum Gasteiger partial charge on any atom is 0.277 e. The Bertz CT molecular complexity index is 1010. The minimum Gasteiger partial charge on any atom is -0.473 e. The number of carbonyl (C=O) groups is 1. The number of carbonyl (C=O) groups excluding carboxylic acids is 1. The number of nitrogens with one attached hydrogen (secondary N) is 1. The molecule has 0 radical (unpaired) electrons. The van der Waals surface area contributed by atoms with Gasteiger partial charge in [-0.3, -0.25) is 4.79 Å². The summed E-state index contributed by atoms with van der Waals surface area (Å²) in [6.07, 6.45) is 1.26. The Labute approximate surface area is 166 Å². The van der Waals surface area contributed by atoms with Crippen LogP contribution in [0.2, 0.25) is 0 Å². The number of aliphatic hydroxyl groups excluding tert-OH is 2. The number of hydrogen-bond donors (Lipinski definition) is 4. The highest BCUT2D eigenvalue weighted by Gasteiger charge is 2.22. The van der Waals surface area contributed by atoms with Crippen molar-refractivity contribution in [3.05, 3.63) is 48.1 Å². The highest BCUT2D eigenvalue weighted by molar-refractivity contribution is 7.19. The molecule has 0 aliphatic carbocycles. The number of amides is 1. The van der Waals surface area contributed by atoms with Crippen molar-refractivity contribution in [3.63, 3.8) is 0 Å². The first-order valence-electron chi connectivity index (χ1n) is 8.14. The van der Waals surface area contributed by atoms with Gasteiger partial charge in [-0.15, -0.1) is 0 Å². The van der Waals surface area contributed by atoms with E-state index >= 15 is 0 Å². The summed E-state index contributed by atoms with van der Waals surface area (Å²) in [5, 5.41) is 20.5. The topological polar surface area (TPSA) is 143 Å². The van der Waals surface area contributed by atoms with Crippen LogP contribution in [0, 0.1) is 11.6 Å². The molecule has 0 aliphatic rings. The van der Waals surface area contributed by atoms with Crippen molar-refractivity contribution in [2.45, 2.75) is 6.10 Å². The Morgan fingerprint density at radius 3 is 2.76 bits per heavy atom. The number of aliphatic hydroxyl groups is 2. The molecular formula is C17H15F2N5O4S. The lowest BCUT2D eigenvalue weighted by atomic mass is 10.2. The monoisotopic (exact) mass is 423 g/mol. The smallest absolute Gasteiger partial charge is 0.277 e. The molecule has 152 valence electrons. The molecule has 9 nitrogen and oxygen atoms in total. The number of halogens is 2. The minimum atomic E-state index is -1.14. The second-order valence-electron chi connectivity index (χ2n) is 5.67. The summed E-state index contributed by atoms with van der Waals surface area (Å²) >= 11 is 0.759. The van der Waals surface area contributed by atoms with Crippen molar-refractivity contribution in [1.29, 1.82) is 0 Å². The van der Waals surface area contributed by atoms with Gasteiger partial charge in [-0.05, 0) is 12.1 Å². The normalized spacial score (nSPS) is 11.9. The third kappa shape index (κ3) is 4.62. The number of ether oxygens (including phenoxy) is 1. The number of nitrogen functional groups attached to an aromatic ring is 1. The Hall–Kier alpha value is -3.22. The molecule has 5 N–H and O–H groups in total. The quantitative estimate of drug-likeness (QED) is 0.447. The summed E-state index contributed by atoms with van der Waals surface area (Å²) in [5.41, 5.74) is 5.25. The fraction of sp³-hybridized carbons (Fsp3) is 0.176. The van der Waals surface area contributed by atoms with Crippen LogP contribution in [0.4, 0.5) is 19.5 Å². The first kappa shape index (κ1) is 20.5. The molecule has 3 aromatic rings. The third-order valence-corrected chi connectivity index (χ3v) is 4.49. The van der Waals surface area contributed by atoms with Crippen LogP contribution < -0.4 is 15.8 Å². The number of hydrogen-bond acceptors (Lipinski definition) is 9. The van der Waals surface area contributed by atoms with Gasteiger partial charge in [0, 0.05) is 0 Å². The van der Waals surface area contributed by atoms with Crippen LogP contribution in [0.3, 0.4) is 0 Å². The zero-order chi connectivity index (χ0) is 21.0. The number of benzene rings is 1. The number of anilines is 2. The molecule has 29 heavy (non-hydrogen) atoms. The highest BCUT2D eigenvalue weighted by atomic mass is 32.1. The number of nitrogens with zero attached hydrogens (tertiary/aromatic N) is 3. The second kappa shape index (κ2) is 8.86. The van der Waals surface area contributed by atoms with Gasteiger partial charge in [-0.25, -0.2) is 18.7 Å². The van der Waals surface area contributed by atoms with E-state index in [1.807, 2.05) is 0 Å². The molecule has 3 rings (SSSR count). The van der Waals surface area contributed by atoms with Crippen molar-refractivity contribution < 1.29 is 28.5 Å². The summed E-state index contributed by atoms with van der Waals surface area (Å²) in [7, 11) is 0. The molecule has 0 bridgehead atoms. The Morgan fingerprint density at radius 1 is 1.34 bits per heavy atom. The largest absolute Gasteiger partial charge is 0.473 e. The van der Waals surface area contributed by atoms with Crippen molar-refractivity contribution in [2.75, 3.05) is 24.3 Å². The molecule has 2 aromatic heterocycles. The first-order valence-corrected chi connectivity index (χ1v) is 8.96. The third-order valence-electron chi connectivity index (χ3n) is 3.59. The van der Waals surface area contributed by atoms with Gasteiger partial charge < -0.3 is 26.0 Å². The SMILES string of the molecule is Nc1sc(-c2c(F)cccc2F)nc1C(=O)Nc1cncnc1OCC(O)CO. The fourth-order valence-corrected chi connectivity index (χ4v) is 3.11. The predicted molar refractivity (Wildman–Crippen MR) is 100 cm³/mol. The van der Waals surface area contributed by atoms with Crippen LogP contribution in [0.25, 0.3) is 10.6 Å². The Balaban J connectivity index is 1.83. The van der Waals surface area contributed by atoms with Gasteiger partial charge in [-0.2, -0.15) is 4.98 Å². The molecule has 0 saturated carbocycles. The molecule has 12 heteroatoms. The van der Waals surface area contributed by atoms with Crippen molar-refractivity contribution >= 4 is 27.9 Å². The number of aromatic nitrogens is 3. The van der Waals surface area contributed by atoms with Crippen LogP contribution in [0.15, 0.2) is 30.7 Å². The molecule has 0 fully saturated rings. The Morgan fingerprint density at radius 2 is 2.07 bits per heavy atom. The first-order chi connectivity index (χ1) is 13.9. The van der Waals surface area contributed by atoms with E-state index in [1.54, 1.807) is 0 Å². The van der Waals surface area contributed by atoms with E-state index < -0.39 is 30.3 Å². The number of rotatable bonds is 7. The summed E-state index contributed by atoms with van der Waals surface area (Å²) in [5.74, 6) is -2.50. The van der Waals surface area contributed by atoms with E-state index in [2.05, 4.69) is 20.3 Å². The van der Waals surface area contributed by atoms with Gasteiger partial charge >= 0.3 is 0 Å². The van der Waals surface area contributed by atoms with Crippen LogP contribution >= 0.6 is 11.3 Å². The van der Waals surface area contributed by atoms with Gasteiger partial charge in [0.1, 0.15) is 46.4 Å². The lowest BCUT2D eigenvalue weighted by Gasteiger charge is -2.12. The van der Waals surface area contributed by atoms with E-state index in [0.29, 0.717) is 0 Å². The van der Waals surface area contributed by atoms with Crippen LogP contribution in [0.1, 0.15) is 10.5 Å². The van der Waals surface area contributed by atoms with Crippen LogP contribution in [0.5, 0.6) is 5.88 Å². The lowest BCUT2D eigenvalue weighted by molar-refractivity contribution is 0.0523. The average Bonchev–Trinajstić information content (AvgIpc) is 3.08. The van der Waals surface area contributed by atoms with Gasteiger partial charge in [0.15, 0.2) is 5.69 Å².